The number of anilines is 1. The van der Waals surface area contributed by atoms with Crippen LogP contribution in [0.4, 0.5) is 11.6 Å². The highest BCUT2D eigenvalue weighted by Crippen LogP contribution is 2.28. The van der Waals surface area contributed by atoms with Crippen molar-refractivity contribution in [1.82, 2.24) is 14.3 Å². The van der Waals surface area contributed by atoms with Crippen molar-refractivity contribution in [3.63, 3.8) is 0 Å². The van der Waals surface area contributed by atoms with Crippen LogP contribution in [0, 0.1) is 10.1 Å². The van der Waals surface area contributed by atoms with Crippen LogP contribution in [0.2, 0.25) is 0 Å². The highest BCUT2D eigenvalue weighted by Gasteiger charge is 2.25. The summed E-state index contributed by atoms with van der Waals surface area (Å²) in [6.07, 6.45) is 1.67. The minimum absolute atomic E-state index is 0.0000718. The quantitative estimate of drug-likeness (QED) is 0.664. The fourth-order valence-corrected chi connectivity index (χ4v) is 3.20. The Morgan fingerprint density at radius 3 is 3.05 bits per heavy atom. The summed E-state index contributed by atoms with van der Waals surface area (Å²) < 4.78 is 6.82. The van der Waals surface area contributed by atoms with Crippen molar-refractivity contribution in [3.8, 4) is 0 Å². The zero-order valence-corrected chi connectivity index (χ0v) is 12.5. The molecule has 21 heavy (non-hydrogen) atoms. The van der Waals surface area contributed by atoms with Gasteiger partial charge in [-0.15, -0.1) is 0 Å². The first-order valence-corrected chi connectivity index (χ1v) is 7.69. The molecule has 1 saturated heterocycles. The molecule has 3 rings (SSSR count). The van der Waals surface area contributed by atoms with Crippen molar-refractivity contribution in [3.05, 3.63) is 21.7 Å². The Morgan fingerprint density at radius 1 is 1.57 bits per heavy atom. The summed E-state index contributed by atoms with van der Waals surface area (Å²) >= 11 is 1.38. The van der Waals surface area contributed by atoms with Gasteiger partial charge >= 0.3 is 5.82 Å². The number of nitro groups is 1. The lowest BCUT2D eigenvalue weighted by Crippen LogP contribution is -2.42. The normalized spacial score (nSPS) is 18.0. The van der Waals surface area contributed by atoms with Crippen molar-refractivity contribution in [2.45, 2.75) is 13.0 Å². The maximum atomic E-state index is 11.2. The highest BCUT2D eigenvalue weighted by molar-refractivity contribution is 7.15. The minimum Gasteiger partial charge on any atom is -0.379 e. The van der Waals surface area contributed by atoms with Crippen molar-refractivity contribution in [1.29, 1.82) is 0 Å². The van der Waals surface area contributed by atoms with Gasteiger partial charge in [-0.3, -0.25) is 4.90 Å². The predicted molar refractivity (Wildman–Crippen MR) is 80.1 cm³/mol. The summed E-state index contributed by atoms with van der Waals surface area (Å²) in [5, 5.41) is 16.2. The van der Waals surface area contributed by atoms with Crippen LogP contribution in [0.3, 0.4) is 0 Å². The number of imidazole rings is 1. The van der Waals surface area contributed by atoms with Crippen LogP contribution in [-0.4, -0.2) is 58.1 Å². The number of morpholine rings is 1. The van der Waals surface area contributed by atoms with E-state index < -0.39 is 4.92 Å². The SMILES string of the molecule is CC(CN1CCOCC1)Nc1nc2sccn2c1[N+](=O)[O-]. The van der Waals surface area contributed by atoms with Crippen LogP contribution in [0.1, 0.15) is 6.92 Å². The van der Waals surface area contributed by atoms with E-state index in [0.29, 0.717) is 10.8 Å². The van der Waals surface area contributed by atoms with Crippen LogP contribution in [0.15, 0.2) is 11.6 Å². The van der Waals surface area contributed by atoms with Gasteiger partial charge in [0.25, 0.3) is 4.96 Å². The second-order valence-electron chi connectivity index (χ2n) is 5.06. The van der Waals surface area contributed by atoms with Crippen molar-refractivity contribution in [2.75, 3.05) is 38.2 Å². The molecular formula is C12H17N5O3S. The molecular weight excluding hydrogens is 294 g/mol. The second-order valence-corrected chi connectivity index (χ2v) is 5.93. The molecule has 0 radical (unpaired) electrons. The van der Waals surface area contributed by atoms with Gasteiger partial charge in [-0.05, 0) is 11.8 Å². The molecule has 114 valence electrons. The topological polar surface area (TPSA) is 84.9 Å². The average Bonchev–Trinajstić information content (AvgIpc) is 2.99. The Hall–Kier alpha value is -1.71. The third-order valence-electron chi connectivity index (χ3n) is 3.43. The molecule has 2 aromatic heterocycles. The first-order chi connectivity index (χ1) is 10.1. The molecule has 1 unspecified atom stereocenters. The molecule has 0 aliphatic carbocycles. The number of nitrogens with zero attached hydrogens (tertiary/aromatic N) is 4. The smallest absolute Gasteiger partial charge is 0.372 e. The van der Waals surface area contributed by atoms with Gasteiger partial charge in [0.15, 0.2) is 0 Å². The summed E-state index contributed by atoms with van der Waals surface area (Å²) in [5.74, 6) is 0.340. The van der Waals surface area contributed by atoms with E-state index in [4.69, 9.17) is 4.74 Å². The Kier molecular flexibility index (Phi) is 4.04. The van der Waals surface area contributed by atoms with E-state index in [-0.39, 0.29) is 11.9 Å². The van der Waals surface area contributed by atoms with E-state index in [9.17, 15) is 10.1 Å². The minimum atomic E-state index is -0.392. The summed E-state index contributed by atoms with van der Waals surface area (Å²) in [7, 11) is 0. The number of thiazole rings is 1. The largest absolute Gasteiger partial charge is 0.379 e. The van der Waals surface area contributed by atoms with Gasteiger partial charge in [0, 0.05) is 31.1 Å². The van der Waals surface area contributed by atoms with Gasteiger partial charge < -0.3 is 20.2 Å². The number of hydrogen-bond acceptors (Lipinski definition) is 7. The van der Waals surface area contributed by atoms with Crippen LogP contribution in [0.5, 0.6) is 0 Å². The maximum Gasteiger partial charge on any atom is 0.372 e. The molecule has 1 aliphatic rings. The lowest BCUT2D eigenvalue weighted by Gasteiger charge is -2.29. The summed E-state index contributed by atoms with van der Waals surface area (Å²) in [6.45, 7) is 6.09. The highest BCUT2D eigenvalue weighted by atomic mass is 32.1. The van der Waals surface area contributed by atoms with E-state index in [1.165, 1.54) is 15.7 Å². The standard InChI is InChI=1S/C12H17N5O3S/c1-9(8-15-2-5-20-6-3-15)13-10-11(17(18)19)16-4-7-21-12(16)14-10/h4,7,9,13H,2-3,5-6,8H2,1H3. The van der Waals surface area contributed by atoms with Gasteiger partial charge in [0.2, 0.25) is 5.82 Å². The third-order valence-corrected chi connectivity index (χ3v) is 4.19. The van der Waals surface area contributed by atoms with Crippen LogP contribution >= 0.6 is 11.3 Å². The molecule has 0 amide bonds. The number of hydrogen-bond donors (Lipinski definition) is 1. The summed E-state index contributed by atoms with van der Waals surface area (Å²) in [5.41, 5.74) is 0. The first-order valence-electron chi connectivity index (χ1n) is 6.81. The Balaban J connectivity index is 1.72. The Labute approximate surface area is 125 Å². The van der Waals surface area contributed by atoms with Crippen LogP contribution in [-0.2, 0) is 4.74 Å². The van der Waals surface area contributed by atoms with E-state index in [1.807, 2.05) is 6.92 Å². The number of aromatic nitrogens is 2. The Bertz CT molecular complexity index is 634. The molecule has 0 aromatic carbocycles. The predicted octanol–water partition coefficient (Wildman–Crippen LogP) is 1.44. The molecule has 1 atom stereocenters. The zero-order valence-electron chi connectivity index (χ0n) is 11.7. The van der Waals surface area contributed by atoms with Gasteiger partial charge in [-0.25, -0.2) is 0 Å². The molecule has 8 nitrogen and oxygen atoms in total. The molecule has 0 bridgehead atoms. The van der Waals surface area contributed by atoms with Crippen LogP contribution < -0.4 is 5.32 Å². The Morgan fingerprint density at radius 2 is 2.33 bits per heavy atom. The lowest BCUT2D eigenvalue weighted by atomic mass is 10.3. The van der Waals surface area contributed by atoms with Gasteiger partial charge in [-0.1, -0.05) is 11.3 Å². The lowest BCUT2D eigenvalue weighted by molar-refractivity contribution is -0.389. The van der Waals surface area contributed by atoms with Gasteiger partial charge in [-0.2, -0.15) is 9.38 Å². The van der Waals surface area contributed by atoms with Crippen molar-refractivity contribution in [2.24, 2.45) is 0 Å². The average molecular weight is 311 g/mol. The number of rotatable bonds is 5. The monoisotopic (exact) mass is 311 g/mol. The van der Waals surface area contributed by atoms with E-state index >= 15 is 0 Å². The van der Waals surface area contributed by atoms with E-state index in [2.05, 4.69) is 15.2 Å². The molecule has 1 fully saturated rings. The first kappa shape index (κ1) is 14.2. The number of nitrogens with one attached hydrogen (secondary N) is 1. The third kappa shape index (κ3) is 2.99. The fraction of sp³-hybridized carbons (Fsp3) is 0.583. The molecule has 3 heterocycles. The van der Waals surface area contributed by atoms with Gasteiger partial charge in [0.05, 0.1) is 13.2 Å². The molecule has 1 N–H and O–H groups in total. The van der Waals surface area contributed by atoms with Crippen molar-refractivity contribution >= 4 is 27.9 Å². The molecule has 9 heteroatoms. The molecule has 1 aliphatic heterocycles. The molecule has 2 aromatic rings. The molecule has 0 saturated carbocycles. The number of ether oxygens (including phenoxy) is 1. The zero-order chi connectivity index (χ0) is 14.8. The fourth-order valence-electron chi connectivity index (χ4n) is 2.50. The molecule has 0 spiro atoms. The summed E-state index contributed by atoms with van der Waals surface area (Å²) in [6, 6.07) is 0.0754. The number of fused-ring (bicyclic) bond motifs is 1. The van der Waals surface area contributed by atoms with Crippen LogP contribution in [0.25, 0.3) is 4.96 Å². The summed E-state index contributed by atoms with van der Waals surface area (Å²) in [4.78, 5) is 18.1. The van der Waals surface area contributed by atoms with Gasteiger partial charge in [0.1, 0.15) is 6.20 Å². The van der Waals surface area contributed by atoms with E-state index in [0.717, 1.165) is 32.8 Å². The second kappa shape index (κ2) is 5.96. The van der Waals surface area contributed by atoms with E-state index in [1.54, 1.807) is 11.6 Å². The van der Waals surface area contributed by atoms with Crippen molar-refractivity contribution < 1.29 is 9.66 Å². The maximum absolute atomic E-state index is 11.2.